The molecule has 0 aliphatic carbocycles. The molecule has 1 unspecified atom stereocenters. The molecule has 3 atom stereocenters. The maximum atomic E-state index is 12.8. The van der Waals surface area contributed by atoms with Gasteiger partial charge < -0.3 is 21.1 Å². The van der Waals surface area contributed by atoms with Crippen molar-refractivity contribution in [1.29, 1.82) is 0 Å². The third-order valence-corrected chi connectivity index (χ3v) is 11.7. The molecule has 0 aliphatic rings. The molecule has 5 N–H and O–H groups in total. The smallest absolute Gasteiger partial charge is 0.391 e. The lowest BCUT2D eigenvalue weighted by atomic mass is 10.0. The van der Waals surface area contributed by atoms with Gasteiger partial charge in [0.15, 0.2) is 0 Å². The normalized spacial score (nSPS) is 14.0. The largest absolute Gasteiger partial charge is 0.472 e. The SMILES string of the molecule is CCCCCCCCCCCCCCCCCCCCC(=O)N[C@@H](COP(=O)(O)OCCN)[C@H](O)CCCCCCCCCCCCCCCCCC. The van der Waals surface area contributed by atoms with Crippen LogP contribution in [0.2, 0.25) is 0 Å². The van der Waals surface area contributed by atoms with Crippen LogP contribution in [0.15, 0.2) is 0 Å². The van der Waals surface area contributed by atoms with Gasteiger partial charge in [-0.05, 0) is 12.8 Å². The van der Waals surface area contributed by atoms with Crippen molar-refractivity contribution in [2.24, 2.45) is 5.73 Å². The third kappa shape index (κ3) is 39.5. The number of aliphatic hydroxyl groups excluding tert-OH is 1. The molecule has 0 radical (unpaired) electrons. The Morgan fingerprint density at radius 2 is 0.868 bits per heavy atom. The quantitative estimate of drug-likeness (QED) is 0.0358. The fraction of sp³-hybridized carbons (Fsp3) is 0.977. The molecule has 53 heavy (non-hydrogen) atoms. The van der Waals surface area contributed by atoms with Crippen LogP contribution < -0.4 is 11.1 Å². The van der Waals surface area contributed by atoms with Crippen molar-refractivity contribution in [2.45, 2.75) is 257 Å². The Hall–Kier alpha value is -0.500. The molecule has 318 valence electrons. The van der Waals surface area contributed by atoms with Crippen LogP contribution in [0.5, 0.6) is 0 Å². The van der Waals surface area contributed by atoms with E-state index in [1.807, 2.05) is 0 Å². The van der Waals surface area contributed by atoms with Crippen molar-refractivity contribution in [1.82, 2.24) is 5.32 Å². The Kier molecular flexibility index (Phi) is 40.8. The van der Waals surface area contributed by atoms with E-state index in [0.717, 1.165) is 38.5 Å². The van der Waals surface area contributed by atoms with Crippen LogP contribution in [-0.2, 0) is 18.4 Å². The summed E-state index contributed by atoms with van der Waals surface area (Å²) in [4.78, 5) is 22.8. The number of aliphatic hydroxyl groups is 1. The van der Waals surface area contributed by atoms with Crippen LogP contribution >= 0.6 is 7.82 Å². The van der Waals surface area contributed by atoms with Gasteiger partial charge in [0, 0.05) is 13.0 Å². The summed E-state index contributed by atoms with van der Waals surface area (Å²) in [6, 6.07) is -0.767. The molecule has 0 bridgehead atoms. The van der Waals surface area contributed by atoms with E-state index < -0.39 is 20.0 Å². The Morgan fingerprint density at radius 1 is 0.547 bits per heavy atom. The number of carbonyl (C=O) groups excluding carboxylic acids is 1. The van der Waals surface area contributed by atoms with Crippen molar-refractivity contribution in [3.8, 4) is 0 Å². The molecule has 0 aromatic carbocycles. The van der Waals surface area contributed by atoms with Gasteiger partial charge in [-0.25, -0.2) is 4.57 Å². The summed E-state index contributed by atoms with van der Waals surface area (Å²) in [7, 11) is -4.31. The summed E-state index contributed by atoms with van der Waals surface area (Å²) in [6.07, 6.45) is 43.9. The van der Waals surface area contributed by atoms with Gasteiger partial charge >= 0.3 is 7.82 Å². The standard InChI is InChI=1S/C44H91N2O6P/c1-3-5-7-9-11-13-15-17-19-21-22-24-26-28-30-32-34-36-38-44(48)46-42(41-52-53(49,50)51-40-39-45)43(47)37-35-33-31-29-27-25-23-20-18-16-14-12-10-8-6-4-2/h42-43,47H,3-41,45H2,1-2H3,(H,46,48)(H,49,50)/t42-,43+/m0/s1. The van der Waals surface area contributed by atoms with Crippen molar-refractivity contribution >= 4 is 13.7 Å². The van der Waals surface area contributed by atoms with Crippen LogP contribution in [0.1, 0.15) is 245 Å². The first-order valence-electron chi connectivity index (χ1n) is 23.2. The topological polar surface area (TPSA) is 131 Å². The summed E-state index contributed by atoms with van der Waals surface area (Å²) >= 11 is 0. The molecular weight excluding hydrogens is 683 g/mol. The zero-order valence-corrected chi connectivity index (χ0v) is 36.2. The molecule has 0 spiro atoms. The van der Waals surface area contributed by atoms with Crippen molar-refractivity contribution in [3.05, 3.63) is 0 Å². The molecule has 0 saturated heterocycles. The molecule has 8 nitrogen and oxygen atoms in total. The van der Waals surface area contributed by atoms with Gasteiger partial charge in [0.25, 0.3) is 0 Å². The highest BCUT2D eigenvalue weighted by Gasteiger charge is 2.27. The van der Waals surface area contributed by atoms with Crippen molar-refractivity contribution < 1.29 is 28.4 Å². The first kappa shape index (κ1) is 52.5. The average Bonchev–Trinajstić information content (AvgIpc) is 3.14. The summed E-state index contributed by atoms with van der Waals surface area (Å²) in [5, 5.41) is 13.8. The highest BCUT2D eigenvalue weighted by atomic mass is 31.2. The Morgan fingerprint density at radius 3 is 1.21 bits per heavy atom. The molecule has 0 fully saturated rings. The maximum Gasteiger partial charge on any atom is 0.472 e. The number of amides is 1. The summed E-state index contributed by atoms with van der Waals surface area (Å²) in [6.45, 7) is 4.25. The van der Waals surface area contributed by atoms with Crippen LogP contribution in [-0.4, -0.2) is 47.8 Å². The minimum absolute atomic E-state index is 0.0926. The Bertz CT molecular complexity index is 804. The maximum absolute atomic E-state index is 12.8. The van der Waals surface area contributed by atoms with Gasteiger partial charge in [0.2, 0.25) is 5.91 Å². The second-order valence-electron chi connectivity index (χ2n) is 16.0. The number of carbonyl (C=O) groups is 1. The lowest BCUT2D eigenvalue weighted by Gasteiger charge is -2.25. The number of nitrogens with one attached hydrogen (secondary N) is 1. The van der Waals surface area contributed by atoms with E-state index in [4.69, 9.17) is 14.8 Å². The lowest BCUT2D eigenvalue weighted by Crippen LogP contribution is -2.46. The highest BCUT2D eigenvalue weighted by molar-refractivity contribution is 7.47. The summed E-state index contributed by atoms with van der Waals surface area (Å²) < 4.78 is 22.2. The first-order chi connectivity index (χ1) is 25.9. The van der Waals surface area contributed by atoms with E-state index in [1.165, 1.54) is 180 Å². The monoisotopic (exact) mass is 775 g/mol. The predicted octanol–water partition coefficient (Wildman–Crippen LogP) is 13.0. The molecule has 0 rings (SSSR count). The zero-order valence-electron chi connectivity index (χ0n) is 35.3. The average molecular weight is 775 g/mol. The van der Waals surface area contributed by atoms with Gasteiger partial charge in [0.05, 0.1) is 25.4 Å². The van der Waals surface area contributed by atoms with Crippen LogP contribution in [0.3, 0.4) is 0 Å². The van der Waals surface area contributed by atoms with Gasteiger partial charge in [-0.1, -0.05) is 226 Å². The van der Waals surface area contributed by atoms with Gasteiger partial charge in [-0.2, -0.15) is 0 Å². The second kappa shape index (κ2) is 41.1. The minimum Gasteiger partial charge on any atom is -0.391 e. The van der Waals surface area contributed by atoms with E-state index in [-0.39, 0.29) is 25.7 Å². The van der Waals surface area contributed by atoms with Crippen LogP contribution in [0.4, 0.5) is 0 Å². The van der Waals surface area contributed by atoms with E-state index in [2.05, 4.69) is 19.2 Å². The Balaban J connectivity index is 4.08. The summed E-state index contributed by atoms with van der Waals surface area (Å²) in [5.41, 5.74) is 5.39. The number of nitrogens with two attached hydrogens (primary N) is 1. The van der Waals surface area contributed by atoms with Gasteiger partial charge in [0.1, 0.15) is 0 Å². The number of hydrogen-bond donors (Lipinski definition) is 4. The fourth-order valence-electron chi connectivity index (χ4n) is 7.20. The Labute approximate surface area is 329 Å². The highest BCUT2D eigenvalue weighted by Crippen LogP contribution is 2.43. The zero-order chi connectivity index (χ0) is 38.9. The van der Waals surface area contributed by atoms with Crippen LogP contribution in [0, 0.1) is 0 Å². The number of phosphoric ester groups is 1. The fourth-order valence-corrected chi connectivity index (χ4v) is 7.96. The number of unbranched alkanes of at least 4 members (excludes halogenated alkanes) is 32. The third-order valence-electron chi connectivity index (χ3n) is 10.7. The van der Waals surface area contributed by atoms with E-state index in [0.29, 0.717) is 12.8 Å². The molecule has 0 aromatic heterocycles. The minimum atomic E-state index is -4.31. The lowest BCUT2D eigenvalue weighted by molar-refractivity contribution is -0.123. The molecule has 0 heterocycles. The molecule has 0 saturated carbocycles. The second-order valence-corrected chi connectivity index (χ2v) is 17.4. The van der Waals surface area contributed by atoms with Crippen LogP contribution in [0.25, 0.3) is 0 Å². The number of rotatable bonds is 44. The van der Waals surface area contributed by atoms with E-state index in [9.17, 15) is 19.4 Å². The molecular formula is C44H91N2O6P. The number of phosphoric acid groups is 1. The van der Waals surface area contributed by atoms with Gasteiger partial charge in [-0.15, -0.1) is 0 Å². The predicted molar refractivity (Wildman–Crippen MR) is 226 cm³/mol. The molecule has 0 aromatic rings. The molecule has 0 aliphatic heterocycles. The van der Waals surface area contributed by atoms with Crippen molar-refractivity contribution in [3.63, 3.8) is 0 Å². The first-order valence-corrected chi connectivity index (χ1v) is 24.6. The summed E-state index contributed by atoms with van der Waals surface area (Å²) in [5.74, 6) is -0.156. The van der Waals surface area contributed by atoms with Gasteiger partial charge in [-0.3, -0.25) is 13.8 Å². The molecule has 9 heteroatoms. The van der Waals surface area contributed by atoms with E-state index >= 15 is 0 Å². The molecule has 1 amide bonds. The van der Waals surface area contributed by atoms with E-state index in [1.54, 1.807) is 0 Å². The van der Waals surface area contributed by atoms with Crippen molar-refractivity contribution in [2.75, 3.05) is 19.8 Å². The number of hydrogen-bond acceptors (Lipinski definition) is 6.